The summed E-state index contributed by atoms with van der Waals surface area (Å²) in [5.41, 5.74) is 1.04. The lowest BCUT2D eigenvalue weighted by molar-refractivity contribution is 0.279. The van der Waals surface area contributed by atoms with Crippen LogP contribution >= 0.6 is 11.6 Å². The number of rotatable bonds is 7. The molecule has 0 unspecified atom stereocenters. The first kappa shape index (κ1) is 14.2. The van der Waals surface area contributed by atoms with E-state index in [9.17, 15) is 0 Å². The fraction of sp³-hybridized carbons (Fsp3) is 0.571. The van der Waals surface area contributed by atoms with Crippen LogP contribution in [-0.2, 0) is 5.88 Å². The SMILES string of the molecule is COc1cc(CCl)ccc1OCCCC(C)C. The van der Waals surface area contributed by atoms with E-state index in [1.54, 1.807) is 7.11 Å². The highest BCUT2D eigenvalue weighted by Crippen LogP contribution is 2.28. The highest BCUT2D eigenvalue weighted by atomic mass is 35.5. The predicted octanol–water partition coefficient (Wildman–Crippen LogP) is 4.25. The lowest BCUT2D eigenvalue weighted by Crippen LogP contribution is -2.01. The maximum atomic E-state index is 5.77. The molecule has 2 nitrogen and oxygen atoms in total. The zero-order valence-corrected chi connectivity index (χ0v) is 11.6. The standard InChI is InChI=1S/C14H21ClO2/c1-11(2)5-4-8-17-13-7-6-12(10-15)9-14(13)16-3/h6-7,9,11H,4-5,8,10H2,1-3H3. The van der Waals surface area contributed by atoms with Crippen molar-refractivity contribution in [1.82, 2.24) is 0 Å². The lowest BCUT2D eigenvalue weighted by Gasteiger charge is -2.12. The molecule has 0 radical (unpaired) electrons. The van der Waals surface area contributed by atoms with Gasteiger partial charge in [-0.15, -0.1) is 11.6 Å². The highest BCUT2D eigenvalue weighted by molar-refractivity contribution is 6.17. The molecule has 96 valence electrons. The molecule has 1 aromatic rings. The summed E-state index contributed by atoms with van der Waals surface area (Å²) < 4.78 is 11.0. The molecule has 0 aliphatic carbocycles. The molecule has 0 saturated carbocycles. The first-order chi connectivity index (χ1) is 8.17. The Morgan fingerprint density at radius 3 is 2.59 bits per heavy atom. The fourth-order valence-corrected chi connectivity index (χ4v) is 1.75. The van der Waals surface area contributed by atoms with E-state index >= 15 is 0 Å². The summed E-state index contributed by atoms with van der Waals surface area (Å²) in [5.74, 6) is 2.77. The molecule has 0 aliphatic heterocycles. The molecule has 0 aliphatic rings. The van der Waals surface area contributed by atoms with Crippen LogP contribution in [0.25, 0.3) is 0 Å². The molecule has 0 aromatic heterocycles. The molecule has 0 heterocycles. The van der Waals surface area contributed by atoms with Gasteiger partial charge < -0.3 is 9.47 Å². The van der Waals surface area contributed by atoms with Crippen molar-refractivity contribution in [3.8, 4) is 11.5 Å². The molecule has 0 spiro atoms. The third kappa shape index (κ3) is 4.86. The Kier molecular flexibility index (Phi) is 6.20. The van der Waals surface area contributed by atoms with Crippen LogP contribution in [0.4, 0.5) is 0 Å². The Balaban J connectivity index is 2.52. The number of hydrogen-bond donors (Lipinski definition) is 0. The van der Waals surface area contributed by atoms with E-state index in [4.69, 9.17) is 21.1 Å². The Morgan fingerprint density at radius 1 is 1.24 bits per heavy atom. The van der Waals surface area contributed by atoms with Gasteiger partial charge in [0, 0.05) is 5.88 Å². The summed E-state index contributed by atoms with van der Waals surface area (Å²) in [6.45, 7) is 5.17. The normalized spacial score (nSPS) is 10.6. The van der Waals surface area contributed by atoms with Crippen LogP contribution in [0.15, 0.2) is 18.2 Å². The first-order valence-electron chi connectivity index (χ1n) is 6.03. The van der Waals surface area contributed by atoms with Crippen molar-refractivity contribution < 1.29 is 9.47 Å². The van der Waals surface area contributed by atoms with E-state index in [1.165, 1.54) is 6.42 Å². The highest BCUT2D eigenvalue weighted by Gasteiger charge is 2.05. The van der Waals surface area contributed by atoms with Gasteiger partial charge in [0.1, 0.15) is 0 Å². The third-order valence-electron chi connectivity index (χ3n) is 2.57. The van der Waals surface area contributed by atoms with Crippen LogP contribution < -0.4 is 9.47 Å². The van der Waals surface area contributed by atoms with Crippen molar-refractivity contribution >= 4 is 11.6 Å². The van der Waals surface area contributed by atoms with Gasteiger partial charge in [0.25, 0.3) is 0 Å². The molecule has 1 rings (SSSR count). The Hall–Kier alpha value is -0.890. The predicted molar refractivity (Wildman–Crippen MR) is 72.1 cm³/mol. The van der Waals surface area contributed by atoms with Crippen LogP contribution in [0.1, 0.15) is 32.3 Å². The Bertz CT molecular complexity index is 337. The molecular formula is C14H21ClO2. The van der Waals surface area contributed by atoms with Gasteiger partial charge in [-0.05, 0) is 36.5 Å². The minimum Gasteiger partial charge on any atom is -0.493 e. The van der Waals surface area contributed by atoms with E-state index in [0.29, 0.717) is 5.88 Å². The summed E-state index contributed by atoms with van der Waals surface area (Å²) in [4.78, 5) is 0. The second-order valence-corrected chi connectivity index (χ2v) is 4.77. The van der Waals surface area contributed by atoms with Gasteiger partial charge >= 0.3 is 0 Å². The number of hydrogen-bond acceptors (Lipinski definition) is 2. The maximum absolute atomic E-state index is 5.77. The van der Waals surface area contributed by atoms with Gasteiger partial charge in [-0.3, -0.25) is 0 Å². The summed E-state index contributed by atoms with van der Waals surface area (Å²) in [5, 5.41) is 0. The van der Waals surface area contributed by atoms with Crippen molar-refractivity contribution in [3.05, 3.63) is 23.8 Å². The number of benzene rings is 1. The molecular weight excluding hydrogens is 236 g/mol. The lowest BCUT2D eigenvalue weighted by atomic mass is 10.1. The van der Waals surface area contributed by atoms with E-state index in [1.807, 2.05) is 18.2 Å². The van der Waals surface area contributed by atoms with Crippen molar-refractivity contribution in [2.75, 3.05) is 13.7 Å². The molecule has 0 bridgehead atoms. The van der Waals surface area contributed by atoms with Crippen LogP contribution in [0.5, 0.6) is 11.5 Å². The van der Waals surface area contributed by atoms with Crippen molar-refractivity contribution in [1.29, 1.82) is 0 Å². The number of methoxy groups -OCH3 is 1. The van der Waals surface area contributed by atoms with Crippen molar-refractivity contribution in [3.63, 3.8) is 0 Å². The zero-order chi connectivity index (χ0) is 12.7. The summed E-state index contributed by atoms with van der Waals surface area (Å²) >= 11 is 5.77. The second kappa shape index (κ2) is 7.44. The van der Waals surface area contributed by atoms with Crippen LogP contribution in [0.2, 0.25) is 0 Å². The van der Waals surface area contributed by atoms with E-state index in [-0.39, 0.29) is 0 Å². The topological polar surface area (TPSA) is 18.5 Å². The van der Waals surface area contributed by atoms with Gasteiger partial charge in [0.05, 0.1) is 13.7 Å². The van der Waals surface area contributed by atoms with Crippen molar-refractivity contribution in [2.24, 2.45) is 5.92 Å². The Morgan fingerprint density at radius 2 is 2.00 bits per heavy atom. The number of halogens is 1. The van der Waals surface area contributed by atoms with Gasteiger partial charge in [-0.25, -0.2) is 0 Å². The summed E-state index contributed by atoms with van der Waals surface area (Å²) in [6, 6.07) is 5.81. The van der Waals surface area contributed by atoms with Crippen LogP contribution in [-0.4, -0.2) is 13.7 Å². The van der Waals surface area contributed by atoms with Gasteiger partial charge in [-0.2, -0.15) is 0 Å². The monoisotopic (exact) mass is 256 g/mol. The third-order valence-corrected chi connectivity index (χ3v) is 2.87. The quantitative estimate of drug-likeness (QED) is 0.536. The first-order valence-corrected chi connectivity index (χ1v) is 6.56. The van der Waals surface area contributed by atoms with E-state index in [0.717, 1.165) is 36.0 Å². The summed E-state index contributed by atoms with van der Waals surface area (Å²) in [7, 11) is 1.65. The smallest absolute Gasteiger partial charge is 0.161 e. The number of ether oxygens (including phenoxy) is 2. The Labute approximate surface area is 109 Å². The van der Waals surface area contributed by atoms with Crippen LogP contribution in [0, 0.1) is 5.92 Å². The van der Waals surface area contributed by atoms with E-state index < -0.39 is 0 Å². The summed E-state index contributed by atoms with van der Waals surface area (Å²) in [6.07, 6.45) is 2.25. The molecule has 3 heteroatoms. The van der Waals surface area contributed by atoms with Gasteiger partial charge in [-0.1, -0.05) is 19.9 Å². The second-order valence-electron chi connectivity index (χ2n) is 4.50. The average molecular weight is 257 g/mol. The molecule has 0 atom stereocenters. The molecule has 0 N–H and O–H groups in total. The number of alkyl halides is 1. The molecule has 1 aromatic carbocycles. The molecule has 0 fully saturated rings. The minimum absolute atomic E-state index is 0.490. The largest absolute Gasteiger partial charge is 0.493 e. The zero-order valence-electron chi connectivity index (χ0n) is 10.8. The van der Waals surface area contributed by atoms with E-state index in [2.05, 4.69) is 13.8 Å². The van der Waals surface area contributed by atoms with Gasteiger partial charge in [0.2, 0.25) is 0 Å². The van der Waals surface area contributed by atoms with Crippen LogP contribution in [0.3, 0.4) is 0 Å². The molecule has 17 heavy (non-hydrogen) atoms. The molecule has 0 amide bonds. The van der Waals surface area contributed by atoms with Crippen molar-refractivity contribution in [2.45, 2.75) is 32.6 Å². The van der Waals surface area contributed by atoms with Gasteiger partial charge in [0.15, 0.2) is 11.5 Å². The average Bonchev–Trinajstić information content (AvgIpc) is 2.34. The maximum Gasteiger partial charge on any atom is 0.161 e. The minimum atomic E-state index is 0.490. The molecule has 0 saturated heterocycles. The fourth-order valence-electron chi connectivity index (χ4n) is 1.59.